The van der Waals surface area contributed by atoms with Crippen molar-refractivity contribution in [2.45, 2.75) is 34.4 Å². The number of sulfone groups is 1. The monoisotopic (exact) mass is 399 g/mol. The van der Waals surface area contributed by atoms with Crippen LogP contribution >= 0.6 is 0 Å². The molecule has 0 spiro atoms. The van der Waals surface area contributed by atoms with Crippen LogP contribution in [0.15, 0.2) is 52.3 Å². The zero-order valence-electron chi connectivity index (χ0n) is 14.9. The third kappa shape index (κ3) is 3.37. The first-order valence-corrected chi connectivity index (χ1v) is 9.89. The predicted octanol–water partition coefficient (Wildman–Crippen LogP) is 3.43. The highest BCUT2D eigenvalue weighted by molar-refractivity contribution is 7.91. The molecule has 146 valence electrons. The van der Waals surface area contributed by atoms with Gasteiger partial charge in [0.25, 0.3) is 0 Å². The standard InChI is InChI=1S/C19H20F3NO3S/c1-23(2)11-5-10-18(24)14-6-3-4-7-16(14)27(25,26)17-9-8-13(12-15(17)18)19(20,21)22/h3-4,6-9,12,24H,5,10-11H2,1-2H3. The Bertz CT molecular complexity index is 970. The summed E-state index contributed by atoms with van der Waals surface area (Å²) in [7, 11) is -0.321. The topological polar surface area (TPSA) is 57.6 Å². The summed E-state index contributed by atoms with van der Waals surface area (Å²) in [6.45, 7) is 0.603. The molecule has 0 bridgehead atoms. The summed E-state index contributed by atoms with van der Waals surface area (Å²) in [5, 5.41) is 11.5. The van der Waals surface area contributed by atoms with Gasteiger partial charge in [0.15, 0.2) is 0 Å². The van der Waals surface area contributed by atoms with Crippen LogP contribution in [0.5, 0.6) is 0 Å². The van der Waals surface area contributed by atoms with Gasteiger partial charge in [0, 0.05) is 11.1 Å². The van der Waals surface area contributed by atoms with Crippen molar-refractivity contribution in [3.8, 4) is 0 Å². The Morgan fingerprint density at radius 2 is 1.67 bits per heavy atom. The third-order valence-corrected chi connectivity index (χ3v) is 6.68. The van der Waals surface area contributed by atoms with Crippen molar-refractivity contribution in [2.75, 3.05) is 20.6 Å². The Morgan fingerprint density at radius 3 is 2.30 bits per heavy atom. The van der Waals surface area contributed by atoms with E-state index in [4.69, 9.17) is 0 Å². The molecule has 0 saturated carbocycles. The maximum Gasteiger partial charge on any atom is 0.416 e. The number of halogens is 3. The summed E-state index contributed by atoms with van der Waals surface area (Å²) in [4.78, 5) is 1.55. The van der Waals surface area contributed by atoms with Gasteiger partial charge in [0.1, 0.15) is 5.60 Å². The summed E-state index contributed by atoms with van der Waals surface area (Å²) in [5.74, 6) is 0. The van der Waals surface area contributed by atoms with Crippen LogP contribution in [0.4, 0.5) is 13.2 Å². The second kappa shape index (κ2) is 6.61. The summed E-state index contributed by atoms with van der Waals surface area (Å²) in [5.41, 5.74) is -2.89. The van der Waals surface area contributed by atoms with Crippen LogP contribution in [0.1, 0.15) is 29.5 Å². The Balaban J connectivity index is 2.25. The molecule has 0 fully saturated rings. The van der Waals surface area contributed by atoms with Gasteiger partial charge in [-0.15, -0.1) is 0 Å². The lowest BCUT2D eigenvalue weighted by molar-refractivity contribution is -0.137. The van der Waals surface area contributed by atoms with Gasteiger partial charge in [-0.05, 0) is 57.7 Å². The minimum absolute atomic E-state index is 0.0652. The number of alkyl halides is 3. The zero-order valence-corrected chi connectivity index (χ0v) is 15.7. The number of aliphatic hydroxyl groups is 1. The minimum atomic E-state index is -4.64. The molecule has 4 nitrogen and oxygen atoms in total. The molecular formula is C19H20F3NO3S. The largest absolute Gasteiger partial charge is 0.416 e. The molecule has 2 aromatic rings. The molecule has 0 saturated heterocycles. The minimum Gasteiger partial charge on any atom is -0.380 e. The Morgan fingerprint density at radius 1 is 1.04 bits per heavy atom. The normalized spacial score (nSPS) is 21.0. The molecular weight excluding hydrogens is 379 g/mol. The Kier molecular flexibility index (Phi) is 4.86. The summed E-state index contributed by atoms with van der Waals surface area (Å²) >= 11 is 0. The third-order valence-electron chi connectivity index (χ3n) is 4.81. The van der Waals surface area contributed by atoms with Crippen LogP contribution in [-0.2, 0) is 21.6 Å². The fourth-order valence-corrected chi connectivity index (χ4v) is 5.28. The Labute approximate surface area is 156 Å². The molecule has 2 aromatic carbocycles. The van der Waals surface area contributed by atoms with E-state index >= 15 is 0 Å². The molecule has 1 N–H and O–H groups in total. The van der Waals surface area contributed by atoms with Gasteiger partial charge in [-0.25, -0.2) is 8.42 Å². The molecule has 3 rings (SSSR count). The van der Waals surface area contributed by atoms with Crippen molar-refractivity contribution in [3.63, 3.8) is 0 Å². The molecule has 1 aliphatic heterocycles. The van der Waals surface area contributed by atoms with Crippen molar-refractivity contribution in [1.29, 1.82) is 0 Å². The molecule has 1 unspecified atom stereocenters. The summed E-state index contributed by atoms with van der Waals surface area (Å²) < 4.78 is 65.5. The first-order valence-electron chi connectivity index (χ1n) is 8.41. The van der Waals surface area contributed by atoms with Gasteiger partial charge in [0.2, 0.25) is 9.84 Å². The van der Waals surface area contributed by atoms with Gasteiger partial charge >= 0.3 is 6.18 Å². The van der Waals surface area contributed by atoms with E-state index in [2.05, 4.69) is 0 Å². The quantitative estimate of drug-likeness (QED) is 0.856. The van der Waals surface area contributed by atoms with Crippen LogP contribution in [0.25, 0.3) is 0 Å². The van der Waals surface area contributed by atoms with E-state index in [1.807, 2.05) is 19.0 Å². The first-order chi connectivity index (χ1) is 12.5. The predicted molar refractivity (Wildman–Crippen MR) is 94.1 cm³/mol. The molecule has 8 heteroatoms. The second-order valence-electron chi connectivity index (χ2n) is 6.98. The summed E-state index contributed by atoms with van der Waals surface area (Å²) in [6, 6.07) is 8.40. The lowest BCUT2D eigenvalue weighted by Crippen LogP contribution is -2.36. The fourth-order valence-electron chi connectivity index (χ4n) is 3.49. The van der Waals surface area contributed by atoms with E-state index in [-0.39, 0.29) is 27.3 Å². The smallest absolute Gasteiger partial charge is 0.380 e. The average molecular weight is 399 g/mol. The van der Waals surface area contributed by atoms with E-state index in [0.29, 0.717) is 13.0 Å². The molecule has 0 aromatic heterocycles. The number of hydrogen-bond acceptors (Lipinski definition) is 4. The van der Waals surface area contributed by atoms with E-state index < -0.39 is 27.2 Å². The zero-order chi connectivity index (χ0) is 20.0. The number of rotatable bonds is 4. The highest BCUT2D eigenvalue weighted by Gasteiger charge is 2.46. The van der Waals surface area contributed by atoms with Gasteiger partial charge in [-0.3, -0.25) is 0 Å². The van der Waals surface area contributed by atoms with Crippen LogP contribution in [0, 0.1) is 0 Å². The van der Waals surface area contributed by atoms with Gasteiger partial charge < -0.3 is 10.0 Å². The highest BCUT2D eigenvalue weighted by atomic mass is 32.2. The molecule has 0 radical (unpaired) electrons. The molecule has 0 amide bonds. The number of fused-ring (bicyclic) bond motifs is 2. The number of hydrogen-bond donors (Lipinski definition) is 1. The molecule has 1 aliphatic rings. The number of nitrogens with zero attached hydrogens (tertiary/aromatic N) is 1. The van der Waals surface area contributed by atoms with Crippen molar-refractivity contribution in [3.05, 3.63) is 59.2 Å². The maximum atomic E-state index is 13.2. The van der Waals surface area contributed by atoms with E-state index in [1.54, 1.807) is 6.07 Å². The SMILES string of the molecule is CN(C)CCCC1(O)c2ccccc2S(=O)(=O)c2ccc(C(F)(F)F)cc21. The van der Waals surface area contributed by atoms with Crippen molar-refractivity contribution < 1.29 is 26.7 Å². The van der Waals surface area contributed by atoms with Crippen LogP contribution in [-0.4, -0.2) is 39.1 Å². The lowest BCUT2D eigenvalue weighted by Gasteiger charge is -2.37. The van der Waals surface area contributed by atoms with E-state index in [9.17, 15) is 26.7 Å². The van der Waals surface area contributed by atoms with Crippen molar-refractivity contribution in [2.24, 2.45) is 0 Å². The van der Waals surface area contributed by atoms with Crippen LogP contribution in [0.2, 0.25) is 0 Å². The molecule has 1 heterocycles. The maximum absolute atomic E-state index is 13.2. The molecule has 1 atom stereocenters. The van der Waals surface area contributed by atoms with Gasteiger partial charge in [-0.2, -0.15) is 13.2 Å². The molecule has 27 heavy (non-hydrogen) atoms. The second-order valence-corrected chi connectivity index (χ2v) is 8.86. The first kappa shape index (κ1) is 19.9. The average Bonchev–Trinajstić information content (AvgIpc) is 2.59. The summed E-state index contributed by atoms with van der Waals surface area (Å²) in [6.07, 6.45) is -4.06. The lowest BCUT2D eigenvalue weighted by atomic mass is 9.81. The molecule has 0 aliphatic carbocycles. The van der Waals surface area contributed by atoms with Gasteiger partial charge in [-0.1, -0.05) is 18.2 Å². The van der Waals surface area contributed by atoms with Gasteiger partial charge in [0.05, 0.1) is 15.4 Å². The Hall–Kier alpha value is -1.90. The van der Waals surface area contributed by atoms with Crippen LogP contribution in [0.3, 0.4) is 0 Å². The van der Waals surface area contributed by atoms with E-state index in [1.165, 1.54) is 18.2 Å². The van der Waals surface area contributed by atoms with Crippen molar-refractivity contribution >= 4 is 9.84 Å². The number of benzene rings is 2. The highest BCUT2D eigenvalue weighted by Crippen LogP contribution is 2.48. The van der Waals surface area contributed by atoms with E-state index in [0.717, 1.165) is 18.2 Å². The van der Waals surface area contributed by atoms with Crippen LogP contribution < -0.4 is 0 Å². The fraction of sp³-hybridized carbons (Fsp3) is 0.368. The van der Waals surface area contributed by atoms with Crippen molar-refractivity contribution in [1.82, 2.24) is 4.90 Å².